The summed E-state index contributed by atoms with van der Waals surface area (Å²) in [6.45, 7) is 0. The molecule has 2 aromatic carbocycles. The molecule has 2 aromatic rings. The minimum Gasteiger partial charge on any atom is -0.481 e. The van der Waals surface area contributed by atoms with Crippen molar-refractivity contribution < 1.29 is 32.6 Å². The first-order valence-corrected chi connectivity index (χ1v) is 11.6. The van der Waals surface area contributed by atoms with Gasteiger partial charge in [0.05, 0.1) is 22.2 Å². The Balaban J connectivity index is 1.58. The van der Waals surface area contributed by atoms with Crippen LogP contribution in [0.4, 0.5) is 0 Å². The highest BCUT2D eigenvalue weighted by atomic mass is 32.2. The number of rotatable bonds is 7. The average Bonchev–Trinajstić information content (AvgIpc) is 3.05. The van der Waals surface area contributed by atoms with E-state index in [0.717, 1.165) is 0 Å². The molecule has 0 saturated carbocycles. The quantitative estimate of drug-likeness (QED) is 0.669. The monoisotopic (exact) mass is 445 g/mol. The van der Waals surface area contributed by atoms with Crippen molar-refractivity contribution in [3.8, 4) is 11.5 Å². The lowest BCUT2D eigenvalue weighted by molar-refractivity contribution is -0.174. The lowest BCUT2D eigenvalue weighted by atomic mass is 9.74. The lowest BCUT2D eigenvalue weighted by Gasteiger charge is -2.42. The third-order valence-electron chi connectivity index (χ3n) is 6.04. The van der Waals surface area contributed by atoms with Crippen LogP contribution in [0.15, 0.2) is 59.5 Å². The summed E-state index contributed by atoms with van der Waals surface area (Å²) in [5.41, 5.74) is 2.42. The highest BCUT2D eigenvalue weighted by Gasteiger charge is 2.60. The molecule has 2 fully saturated rings. The standard InChI is InChI=1S/C22H23NO7S/c23-19(24)22-11-10-17(30-22)12-21(13-22,20(25)26)14-31(27,28)18-8-6-16(7-9-18)29-15-4-2-1-3-5-15/h1-9,17H,10-14H2,(H2,23,24)(H,25,26). The zero-order valence-corrected chi connectivity index (χ0v) is 17.5. The highest BCUT2D eigenvalue weighted by molar-refractivity contribution is 7.91. The summed E-state index contributed by atoms with van der Waals surface area (Å²) in [6, 6.07) is 14.9. The van der Waals surface area contributed by atoms with Crippen LogP contribution in [0.5, 0.6) is 11.5 Å². The van der Waals surface area contributed by atoms with Gasteiger partial charge in [-0.1, -0.05) is 18.2 Å². The van der Waals surface area contributed by atoms with Gasteiger partial charge in [-0.2, -0.15) is 0 Å². The molecule has 2 bridgehead atoms. The number of hydrogen-bond donors (Lipinski definition) is 2. The maximum atomic E-state index is 13.1. The van der Waals surface area contributed by atoms with Crippen molar-refractivity contribution in [3.05, 3.63) is 54.6 Å². The summed E-state index contributed by atoms with van der Waals surface area (Å²) >= 11 is 0. The van der Waals surface area contributed by atoms with E-state index in [4.69, 9.17) is 15.2 Å². The Morgan fingerprint density at radius 1 is 1.10 bits per heavy atom. The number of carbonyl (C=O) groups is 2. The molecule has 3 N–H and O–H groups in total. The molecule has 3 unspecified atom stereocenters. The summed E-state index contributed by atoms with van der Waals surface area (Å²) in [5, 5.41) is 9.97. The molecule has 3 atom stereocenters. The number of hydrogen-bond acceptors (Lipinski definition) is 6. The summed E-state index contributed by atoms with van der Waals surface area (Å²) < 4.78 is 37.6. The van der Waals surface area contributed by atoms with Crippen LogP contribution in [0.1, 0.15) is 25.7 Å². The van der Waals surface area contributed by atoms with Crippen LogP contribution < -0.4 is 10.5 Å². The van der Waals surface area contributed by atoms with Gasteiger partial charge < -0.3 is 20.3 Å². The second kappa shape index (κ2) is 7.65. The molecule has 2 aliphatic heterocycles. The fraction of sp³-hybridized carbons (Fsp3) is 0.364. The topological polar surface area (TPSA) is 133 Å². The number of amides is 1. The number of carboxylic acids is 1. The van der Waals surface area contributed by atoms with Crippen molar-refractivity contribution >= 4 is 21.7 Å². The first-order chi connectivity index (χ1) is 14.6. The maximum absolute atomic E-state index is 13.1. The molecule has 1 amide bonds. The minimum absolute atomic E-state index is 0.0134. The van der Waals surface area contributed by atoms with Gasteiger partial charge in [0.1, 0.15) is 17.1 Å². The predicted molar refractivity (Wildman–Crippen MR) is 110 cm³/mol. The number of benzene rings is 2. The predicted octanol–water partition coefficient (Wildman–Crippen LogP) is 2.52. The van der Waals surface area contributed by atoms with Gasteiger partial charge in [-0.15, -0.1) is 0 Å². The van der Waals surface area contributed by atoms with Crippen LogP contribution in [0.3, 0.4) is 0 Å². The van der Waals surface area contributed by atoms with Gasteiger partial charge >= 0.3 is 5.97 Å². The molecular formula is C22H23NO7S. The van der Waals surface area contributed by atoms with Crippen molar-refractivity contribution in [2.75, 3.05) is 5.75 Å². The molecule has 0 aliphatic carbocycles. The van der Waals surface area contributed by atoms with Crippen molar-refractivity contribution in [1.82, 2.24) is 0 Å². The zero-order valence-electron chi connectivity index (χ0n) is 16.7. The van der Waals surface area contributed by atoms with Crippen LogP contribution in [-0.4, -0.2) is 42.9 Å². The fourth-order valence-electron chi connectivity index (χ4n) is 4.55. The van der Waals surface area contributed by atoms with Gasteiger partial charge in [-0.05, 0) is 55.7 Å². The number of nitrogens with two attached hydrogens (primary N) is 1. The first kappa shape index (κ1) is 21.3. The second-order valence-corrected chi connectivity index (χ2v) is 10.2. The average molecular weight is 445 g/mol. The Labute approximate surface area is 179 Å². The number of primary amides is 1. The summed E-state index contributed by atoms with van der Waals surface area (Å²) in [6.07, 6.45) is 0.0348. The highest BCUT2D eigenvalue weighted by Crippen LogP contribution is 2.51. The van der Waals surface area contributed by atoms with E-state index in [1.54, 1.807) is 12.1 Å². The third-order valence-corrected chi connectivity index (χ3v) is 7.96. The van der Waals surface area contributed by atoms with E-state index in [0.29, 0.717) is 24.3 Å². The molecule has 0 radical (unpaired) electrons. The molecule has 2 saturated heterocycles. The van der Waals surface area contributed by atoms with Gasteiger partial charge in [-0.3, -0.25) is 9.59 Å². The largest absolute Gasteiger partial charge is 0.481 e. The number of sulfone groups is 1. The van der Waals surface area contributed by atoms with Crippen molar-refractivity contribution in [2.24, 2.45) is 11.1 Å². The van der Waals surface area contributed by atoms with Gasteiger partial charge in [0.15, 0.2) is 9.84 Å². The Bertz CT molecular complexity index is 1100. The fourth-order valence-corrected chi connectivity index (χ4v) is 6.34. The van der Waals surface area contributed by atoms with Crippen LogP contribution >= 0.6 is 0 Å². The second-order valence-electron chi connectivity index (χ2n) is 8.25. The Morgan fingerprint density at radius 3 is 2.35 bits per heavy atom. The molecule has 8 nitrogen and oxygen atoms in total. The first-order valence-electron chi connectivity index (χ1n) is 9.91. The molecule has 164 valence electrons. The van der Waals surface area contributed by atoms with E-state index in [2.05, 4.69) is 0 Å². The van der Waals surface area contributed by atoms with Gasteiger partial charge in [0.25, 0.3) is 0 Å². The molecule has 0 aromatic heterocycles. The number of carbonyl (C=O) groups excluding carboxylic acids is 1. The van der Waals surface area contributed by atoms with Crippen LogP contribution in [0.2, 0.25) is 0 Å². The zero-order chi connectivity index (χ0) is 22.3. The van der Waals surface area contributed by atoms with Gasteiger partial charge in [0, 0.05) is 6.42 Å². The summed E-state index contributed by atoms with van der Waals surface area (Å²) in [4.78, 5) is 24.2. The molecule has 9 heteroatoms. The number of para-hydroxylation sites is 1. The van der Waals surface area contributed by atoms with E-state index < -0.39 is 44.6 Å². The van der Waals surface area contributed by atoms with E-state index in [-0.39, 0.29) is 17.7 Å². The molecule has 0 spiro atoms. The van der Waals surface area contributed by atoms with Gasteiger partial charge in [0.2, 0.25) is 5.91 Å². The molecule has 4 rings (SSSR count). The lowest BCUT2D eigenvalue weighted by Crippen LogP contribution is -2.55. The number of carboxylic acid groups (broad SMARTS) is 1. The Morgan fingerprint density at radius 2 is 1.74 bits per heavy atom. The Kier molecular flexibility index (Phi) is 5.26. The van der Waals surface area contributed by atoms with Crippen LogP contribution in [0, 0.1) is 5.41 Å². The summed E-state index contributed by atoms with van der Waals surface area (Å²) in [7, 11) is -3.97. The van der Waals surface area contributed by atoms with E-state index >= 15 is 0 Å². The van der Waals surface area contributed by atoms with Crippen molar-refractivity contribution in [3.63, 3.8) is 0 Å². The van der Waals surface area contributed by atoms with E-state index in [1.165, 1.54) is 24.3 Å². The number of ether oxygens (including phenoxy) is 2. The van der Waals surface area contributed by atoms with Crippen LogP contribution in [-0.2, 0) is 24.2 Å². The molecule has 2 heterocycles. The smallest absolute Gasteiger partial charge is 0.310 e. The maximum Gasteiger partial charge on any atom is 0.310 e. The summed E-state index contributed by atoms with van der Waals surface area (Å²) in [5.74, 6) is -1.59. The number of aliphatic carboxylic acids is 1. The van der Waals surface area contributed by atoms with Crippen LogP contribution in [0.25, 0.3) is 0 Å². The Hall–Kier alpha value is -2.91. The van der Waals surface area contributed by atoms with Crippen molar-refractivity contribution in [2.45, 2.75) is 42.3 Å². The van der Waals surface area contributed by atoms with E-state index in [1.807, 2.05) is 18.2 Å². The molecule has 2 aliphatic rings. The minimum atomic E-state index is -3.97. The van der Waals surface area contributed by atoms with Crippen molar-refractivity contribution in [1.29, 1.82) is 0 Å². The third kappa shape index (κ3) is 4.03. The van der Waals surface area contributed by atoms with Gasteiger partial charge in [-0.25, -0.2) is 8.42 Å². The SMILES string of the molecule is NC(=O)C12CCC(CC(CS(=O)(=O)c3ccc(Oc4ccccc4)cc3)(C(=O)O)C1)O2. The molecule has 31 heavy (non-hydrogen) atoms. The van der Waals surface area contributed by atoms with E-state index in [9.17, 15) is 23.1 Å². The normalized spacial score (nSPS) is 27.5. The molecular weight excluding hydrogens is 422 g/mol. The number of fused-ring (bicyclic) bond motifs is 2.